The number of benzene rings is 1. The van der Waals surface area contributed by atoms with Gasteiger partial charge in [0.05, 0.1) is 0 Å². The molecule has 4 nitrogen and oxygen atoms in total. The fourth-order valence-electron chi connectivity index (χ4n) is 3.00. The Morgan fingerprint density at radius 2 is 1.90 bits per heavy atom. The van der Waals surface area contributed by atoms with Crippen LogP contribution in [0.2, 0.25) is 0 Å². The lowest BCUT2D eigenvalue weighted by Gasteiger charge is -2.27. The van der Waals surface area contributed by atoms with Crippen LogP contribution >= 0.6 is 0 Å². The van der Waals surface area contributed by atoms with Gasteiger partial charge in [-0.15, -0.1) is 0 Å². The van der Waals surface area contributed by atoms with Crippen molar-refractivity contribution >= 4 is 0 Å². The molecule has 3 rings (SSSR count). The van der Waals surface area contributed by atoms with Crippen molar-refractivity contribution in [3.8, 4) is 11.4 Å². The molecule has 112 valence electrons. The Morgan fingerprint density at radius 1 is 1.14 bits per heavy atom. The summed E-state index contributed by atoms with van der Waals surface area (Å²) < 4.78 is 5.49. The fraction of sp³-hybridized carbons (Fsp3) is 0.529. The summed E-state index contributed by atoms with van der Waals surface area (Å²) in [7, 11) is 0. The largest absolute Gasteiger partial charge is 0.339 e. The third kappa shape index (κ3) is 3.50. The number of nitrogens with one attached hydrogen (secondary N) is 1. The number of hydrogen-bond donors (Lipinski definition) is 1. The van der Waals surface area contributed by atoms with Crippen LogP contribution in [0.4, 0.5) is 0 Å². The molecule has 1 saturated carbocycles. The van der Waals surface area contributed by atoms with E-state index in [1.165, 1.54) is 19.3 Å². The lowest BCUT2D eigenvalue weighted by molar-refractivity contribution is 0.283. The molecule has 1 heterocycles. The molecule has 21 heavy (non-hydrogen) atoms. The van der Waals surface area contributed by atoms with Crippen LogP contribution < -0.4 is 5.32 Å². The smallest absolute Gasteiger partial charge is 0.230 e. The molecular formula is C17H23N3O. The molecule has 1 N–H and O–H groups in total. The SMILES string of the molecule is CCCNC1CCC(c2nc(-c3ccccc3)no2)CC1. The van der Waals surface area contributed by atoms with Crippen molar-refractivity contribution in [3.63, 3.8) is 0 Å². The second-order valence-electron chi connectivity index (χ2n) is 5.82. The zero-order chi connectivity index (χ0) is 14.5. The van der Waals surface area contributed by atoms with Gasteiger partial charge in [-0.05, 0) is 38.6 Å². The first-order valence-electron chi connectivity index (χ1n) is 7.99. The minimum atomic E-state index is 0.426. The van der Waals surface area contributed by atoms with E-state index < -0.39 is 0 Å². The number of hydrogen-bond acceptors (Lipinski definition) is 4. The highest BCUT2D eigenvalue weighted by Gasteiger charge is 2.26. The molecule has 1 aliphatic carbocycles. The number of nitrogens with zero attached hydrogens (tertiary/aromatic N) is 2. The molecule has 0 saturated heterocycles. The monoisotopic (exact) mass is 285 g/mol. The Bertz CT molecular complexity index is 544. The molecule has 1 aromatic heterocycles. The van der Waals surface area contributed by atoms with E-state index in [-0.39, 0.29) is 0 Å². The van der Waals surface area contributed by atoms with E-state index >= 15 is 0 Å². The van der Waals surface area contributed by atoms with Crippen LogP contribution in [0.25, 0.3) is 11.4 Å². The highest BCUT2D eigenvalue weighted by molar-refractivity contribution is 5.53. The summed E-state index contributed by atoms with van der Waals surface area (Å²) >= 11 is 0. The van der Waals surface area contributed by atoms with Gasteiger partial charge in [0, 0.05) is 17.5 Å². The summed E-state index contributed by atoms with van der Waals surface area (Å²) in [6, 6.07) is 10.7. The third-order valence-electron chi connectivity index (χ3n) is 4.23. The van der Waals surface area contributed by atoms with Crippen LogP contribution in [0.1, 0.15) is 50.8 Å². The Hall–Kier alpha value is -1.68. The molecule has 1 fully saturated rings. The third-order valence-corrected chi connectivity index (χ3v) is 4.23. The molecule has 2 aromatic rings. The van der Waals surface area contributed by atoms with Crippen molar-refractivity contribution in [2.75, 3.05) is 6.54 Å². The van der Waals surface area contributed by atoms with Crippen molar-refractivity contribution in [3.05, 3.63) is 36.2 Å². The van der Waals surface area contributed by atoms with Crippen molar-refractivity contribution in [1.82, 2.24) is 15.5 Å². The lowest BCUT2D eigenvalue weighted by atomic mass is 9.86. The molecule has 1 aromatic carbocycles. The van der Waals surface area contributed by atoms with Gasteiger partial charge in [-0.25, -0.2) is 0 Å². The summed E-state index contributed by atoms with van der Waals surface area (Å²) in [6.07, 6.45) is 5.88. The second-order valence-corrected chi connectivity index (χ2v) is 5.82. The maximum absolute atomic E-state index is 5.49. The van der Waals surface area contributed by atoms with Gasteiger partial charge in [0.15, 0.2) is 0 Å². The van der Waals surface area contributed by atoms with Crippen LogP contribution in [0, 0.1) is 0 Å². The van der Waals surface area contributed by atoms with Crippen molar-refractivity contribution < 1.29 is 4.52 Å². The normalized spacial score (nSPS) is 22.3. The van der Waals surface area contributed by atoms with E-state index in [9.17, 15) is 0 Å². The zero-order valence-electron chi connectivity index (χ0n) is 12.6. The molecular weight excluding hydrogens is 262 g/mol. The highest BCUT2D eigenvalue weighted by atomic mass is 16.5. The van der Waals surface area contributed by atoms with Crippen LogP contribution in [-0.2, 0) is 0 Å². The second kappa shape index (κ2) is 6.85. The van der Waals surface area contributed by atoms with Gasteiger partial charge >= 0.3 is 0 Å². The first kappa shape index (κ1) is 14.3. The van der Waals surface area contributed by atoms with Crippen LogP contribution in [0.15, 0.2) is 34.9 Å². The predicted octanol–water partition coefficient (Wildman–Crippen LogP) is 3.76. The molecule has 0 spiro atoms. The summed E-state index contributed by atoms with van der Waals surface area (Å²) in [5, 5.41) is 7.74. The summed E-state index contributed by atoms with van der Waals surface area (Å²) in [6.45, 7) is 3.33. The average molecular weight is 285 g/mol. The van der Waals surface area contributed by atoms with E-state index in [0.29, 0.717) is 17.8 Å². The van der Waals surface area contributed by atoms with Crippen LogP contribution in [0.3, 0.4) is 0 Å². The van der Waals surface area contributed by atoms with Gasteiger partial charge in [0.2, 0.25) is 11.7 Å². The quantitative estimate of drug-likeness (QED) is 0.908. The Kier molecular flexibility index (Phi) is 4.65. The van der Waals surface area contributed by atoms with Crippen LogP contribution in [-0.4, -0.2) is 22.7 Å². The topological polar surface area (TPSA) is 51.0 Å². The van der Waals surface area contributed by atoms with Gasteiger partial charge < -0.3 is 9.84 Å². The van der Waals surface area contributed by atoms with Gasteiger partial charge in [0.25, 0.3) is 0 Å². The van der Waals surface area contributed by atoms with Gasteiger partial charge in [-0.2, -0.15) is 4.98 Å². The minimum absolute atomic E-state index is 0.426. The average Bonchev–Trinajstić information content (AvgIpc) is 3.04. The summed E-state index contributed by atoms with van der Waals surface area (Å²) in [5.74, 6) is 1.94. The molecule has 0 unspecified atom stereocenters. The highest BCUT2D eigenvalue weighted by Crippen LogP contribution is 2.32. The van der Waals surface area contributed by atoms with Gasteiger partial charge in [-0.3, -0.25) is 0 Å². The first-order chi connectivity index (χ1) is 10.4. The maximum atomic E-state index is 5.49. The van der Waals surface area contributed by atoms with E-state index in [0.717, 1.165) is 30.8 Å². The Labute approximate surface area is 126 Å². The Morgan fingerprint density at radius 3 is 2.62 bits per heavy atom. The lowest BCUT2D eigenvalue weighted by Crippen LogP contribution is -2.33. The molecule has 1 aliphatic rings. The molecule has 0 bridgehead atoms. The molecule has 0 aliphatic heterocycles. The molecule has 0 radical (unpaired) electrons. The standard InChI is InChI=1S/C17H23N3O/c1-2-12-18-15-10-8-14(9-11-15)17-19-16(20-21-17)13-6-4-3-5-7-13/h3-7,14-15,18H,2,8-12H2,1H3. The maximum Gasteiger partial charge on any atom is 0.230 e. The summed E-state index contributed by atoms with van der Waals surface area (Å²) in [4.78, 5) is 4.59. The first-order valence-corrected chi connectivity index (χ1v) is 7.99. The Balaban J connectivity index is 1.60. The summed E-state index contributed by atoms with van der Waals surface area (Å²) in [5.41, 5.74) is 1.02. The van der Waals surface area contributed by atoms with E-state index in [1.807, 2.05) is 30.3 Å². The molecule has 0 atom stereocenters. The number of aromatic nitrogens is 2. The fourth-order valence-corrected chi connectivity index (χ4v) is 3.00. The molecule has 4 heteroatoms. The van der Waals surface area contributed by atoms with E-state index in [4.69, 9.17) is 4.52 Å². The zero-order valence-corrected chi connectivity index (χ0v) is 12.6. The number of rotatable bonds is 5. The predicted molar refractivity (Wildman–Crippen MR) is 83.0 cm³/mol. The van der Waals surface area contributed by atoms with Crippen molar-refractivity contribution in [2.45, 2.75) is 51.0 Å². The molecule has 0 amide bonds. The van der Waals surface area contributed by atoms with E-state index in [1.54, 1.807) is 0 Å². The minimum Gasteiger partial charge on any atom is -0.339 e. The van der Waals surface area contributed by atoms with Gasteiger partial charge in [0.1, 0.15) is 0 Å². The van der Waals surface area contributed by atoms with Gasteiger partial charge in [-0.1, -0.05) is 42.4 Å². The van der Waals surface area contributed by atoms with Crippen molar-refractivity contribution in [2.24, 2.45) is 0 Å². The van der Waals surface area contributed by atoms with E-state index in [2.05, 4.69) is 22.4 Å². The van der Waals surface area contributed by atoms with Crippen molar-refractivity contribution in [1.29, 1.82) is 0 Å². The van der Waals surface area contributed by atoms with Crippen LogP contribution in [0.5, 0.6) is 0 Å².